The van der Waals surface area contributed by atoms with Crippen LogP contribution in [0, 0.1) is 5.82 Å². The van der Waals surface area contributed by atoms with Crippen molar-refractivity contribution in [3.63, 3.8) is 0 Å². The van der Waals surface area contributed by atoms with Crippen LogP contribution in [0.5, 0.6) is 5.75 Å². The zero-order valence-corrected chi connectivity index (χ0v) is 21.7. The van der Waals surface area contributed by atoms with Gasteiger partial charge in [-0.2, -0.15) is 0 Å². The number of hydrogen-bond donors (Lipinski definition) is 0. The second-order valence-electron chi connectivity index (χ2n) is 9.10. The lowest BCUT2D eigenvalue weighted by Gasteiger charge is -2.29. The lowest BCUT2D eigenvalue weighted by atomic mass is 9.97. The number of likely N-dealkylation sites (tertiary alicyclic amines) is 1. The maximum Gasteiger partial charge on any atom is 0.195 e. The normalized spacial score (nSPS) is 14.7. The fourth-order valence-electron chi connectivity index (χ4n) is 4.61. The molecule has 5 rings (SSSR count). The zero-order chi connectivity index (χ0) is 26.0. The summed E-state index contributed by atoms with van der Waals surface area (Å²) in [4.78, 5) is 39.8. The number of nitrogens with zero attached hydrogens (tertiary/aromatic N) is 1. The van der Waals surface area contributed by atoms with E-state index in [0.29, 0.717) is 44.0 Å². The van der Waals surface area contributed by atoms with Gasteiger partial charge in [-0.05, 0) is 86.9 Å². The minimum atomic E-state index is -4.96. The van der Waals surface area contributed by atoms with Gasteiger partial charge in [-0.25, -0.2) is 4.39 Å². The fourth-order valence-corrected chi connectivity index (χ4v) is 6.48. The lowest BCUT2D eigenvalue weighted by Crippen LogP contribution is -2.33. The van der Waals surface area contributed by atoms with E-state index in [1.807, 2.05) is 0 Å². The van der Waals surface area contributed by atoms with Crippen LogP contribution < -0.4 is 19.8 Å². The van der Waals surface area contributed by atoms with Crippen LogP contribution in [0.1, 0.15) is 35.2 Å². The van der Waals surface area contributed by atoms with Crippen molar-refractivity contribution in [3.05, 3.63) is 83.7 Å². The average Bonchev–Trinajstić information content (AvgIpc) is 3.28. The standard InChI is InChI=1S/C28H27FNO5PS/c29-21-8-4-20(5-9-21)28-26(24-13-12-23(36(32,33)34)18-25(24)37-28)27(31)19-6-10-22(11-7-19)35-17-16-30-14-2-1-3-15-30/h4-13,18H,1-3,14-17H2,(H2,32,33,34)/p-2. The fraction of sp³-hybridized carbons (Fsp3) is 0.250. The molecule has 0 spiro atoms. The number of thiophene rings is 1. The Morgan fingerprint density at radius 2 is 1.68 bits per heavy atom. The Morgan fingerprint density at radius 1 is 0.973 bits per heavy atom. The van der Waals surface area contributed by atoms with Gasteiger partial charge in [0, 0.05) is 32.6 Å². The Bertz CT molecular complexity index is 1460. The highest BCUT2D eigenvalue weighted by Gasteiger charge is 2.22. The van der Waals surface area contributed by atoms with E-state index in [9.17, 15) is 23.5 Å². The number of ether oxygens (including phenoxy) is 1. The summed E-state index contributed by atoms with van der Waals surface area (Å²) in [7, 11) is -4.96. The summed E-state index contributed by atoms with van der Waals surface area (Å²) >= 11 is 1.19. The first-order valence-corrected chi connectivity index (χ1v) is 14.5. The first kappa shape index (κ1) is 25.8. The predicted octanol–water partition coefficient (Wildman–Crippen LogP) is 4.34. The third-order valence-electron chi connectivity index (χ3n) is 6.56. The molecule has 37 heavy (non-hydrogen) atoms. The molecule has 0 aliphatic carbocycles. The maximum absolute atomic E-state index is 13.7. The van der Waals surface area contributed by atoms with Gasteiger partial charge in [0.1, 0.15) is 18.2 Å². The summed E-state index contributed by atoms with van der Waals surface area (Å²) in [6, 6.07) is 16.7. The van der Waals surface area contributed by atoms with Gasteiger partial charge < -0.3 is 19.1 Å². The molecule has 192 valence electrons. The Balaban J connectivity index is 1.43. The molecule has 1 fully saturated rings. The lowest BCUT2D eigenvalue weighted by molar-refractivity contribution is -0.307. The van der Waals surface area contributed by atoms with Crippen LogP contribution in [-0.2, 0) is 4.57 Å². The molecule has 1 saturated heterocycles. The molecule has 0 amide bonds. The Hall–Kier alpha value is -2.87. The highest BCUT2D eigenvalue weighted by molar-refractivity contribution is 7.57. The van der Waals surface area contributed by atoms with Crippen LogP contribution in [-0.4, -0.2) is 36.9 Å². The van der Waals surface area contributed by atoms with Gasteiger partial charge in [-0.15, -0.1) is 11.3 Å². The molecule has 3 aromatic carbocycles. The summed E-state index contributed by atoms with van der Waals surface area (Å²) in [5.41, 5.74) is 1.44. The molecule has 0 saturated carbocycles. The van der Waals surface area contributed by atoms with E-state index in [1.54, 1.807) is 36.4 Å². The van der Waals surface area contributed by atoms with E-state index in [1.165, 1.54) is 60.9 Å². The number of carbonyl (C=O) groups is 1. The van der Waals surface area contributed by atoms with Gasteiger partial charge in [-0.1, -0.05) is 30.7 Å². The first-order valence-electron chi connectivity index (χ1n) is 12.1. The highest BCUT2D eigenvalue weighted by atomic mass is 32.1. The van der Waals surface area contributed by atoms with Gasteiger partial charge in [0.15, 0.2) is 5.78 Å². The zero-order valence-electron chi connectivity index (χ0n) is 20.0. The van der Waals surface area contributed by atoms with Gasteiger partial charge in [0.05, 0.1) is 0 Å². The predicted molar refractivity (Wildman–Crippen MR) is 140 cm³/mol. The summed E-state index contributed by atoms with van der Waals surface area (Å²) in [5.74, 6) is 0.00829. The SMILES string of the molecule is O=C(c1ccc(OCCN2CCCCC2)cc1)c1c(-c2ccc(F)cc2)sc2cc(P(=O)([O-])[O-])ccc12. The number of ketones is 1. The van der Waals surface area contributed by atoms with E-state index in [-0.39, 0.29) is 11.1 Å². The van der Waals surface area contributed by atoms with Crippen molar-refractivity contribution in [2.45, 2.75) is 19.3 Å². The van der Waals surface area contributed by atoms with Gasteiger partial charge in [0.25, 0.3) is 0 Å². The number of fused-ring (bicyclic) bond motifs is 1. The van der Waals surface area contributed by atoms with Gasteiger partial charge in [-0.3, -0.25) is 9.69 Å². The smallest absolute Gasteiger partial charge is 0.195 e. The Morgan fingerprint density at radius 3 is 2.35 bits per heavy atom. The van der Waals surface area contributed by atoms with E-state index < -0.39 is 13.4 Å². The van der Waals surface area contributed by atoms with E-state index >= 15 is 0 Å². The molecular weight excluding hydrogens is 512 g/mol. The number of carbonyl (C=O) groups excluding carboxylic acids is 1. The molecule has 6 nitrogen and oxygen atoms in total. The molecular formula is C28H25FNO5PS-2. The van der Waals surface area contributed by atoms with Crippen molar-refractivity contribution in [2.75, 3.05) is 26.2 Å². The summed E-state index contributed by atoms with van der Waals surface area (Å²) in [6.45, 7) is 3.64. The van der Waals surface area contributed by atoms with Crippen molar-refractivity contribution in [2.24, 2.45) is 0 Å². The van der Waals surface area contributed by atoms with Crippen LogP contribution in [0.25, 0.3) is 20.5 Å². The molecule has 1 aliphatic heterocycles. The first-order chi connectivity index (χ1) is 17.8. The van der Waals surface area contributed by atoms with Gasteiger partial charge in [0.2, 0.25) is 0 Å². The molecule has 0 unspecified atom stereocenters. The highest BCUT2D eigenvalue weighted by Crippen LogP contribution is 2.41. The topological polar surface area (TPSA) is 92.7 Å². The number of hydrogen-bond acceptors (Lipinski definition) is 7. The minimum absolute atomic E-state index is 0.259. The monoisotopic (exact) mass is 537 g/mol. The van der Waals surface area contributed by atoms with E-state index in [0.717, 1.165) is 19.6 Å². The maximum atomic E-state index is 13.7. The quantitative estimate of drug-likeness (QED) is 0.245. The number of halogens is 1. The van der Waals surface area contributed by atoms with Crippen LogP contribution in [0.15, 0.2) is 66.7 Å². The van der Waals surface area contributed by atoms with Crippen LogP contribution in [0.2, 0.25) is 0 Å². The molecule has 0 bridgehead atoms. The van der Waals surface area contributed by atoms with Crippen molar-refractivity contribution < 1.29 is 28.3 Å². The van der Waals surface area contributed by atoms with Crippen molar-refractivity contribution in [1.29, 1.82) is 0 Å². The number of benzene rings is 3. The third kappa shape index (κ3) is 5.84. The summed E-state index contributed by atoms with van der Waals surface area (Å²) in [5, 5.41) is 0.199. The summed E-state index contributed by atoms with van der Waals surface area (Å²) in [6.07, 6.45) is 3.74. The molecule has 0 N–H and O–H groups in total. The molecule has 2 heterocycles. The van der Waals surface area contributed by atoms with Crippen LogP contribution in [0.4, 0.5) is 4.39 Å². The third-order valence-corrected chi connectivity index (χ3v) is 8.68. The molecule has 1 aliphatic rings. The van der Waals surface area contributed by atoms with Gasteiger partial charge >= 0.3 is 0 Å². The molecule has 4 aromatic rings. The number of piperidine rings is 1. The van der Waals surface area contributed by atoms with Crippen molar-refractivity contribution >= 4 is 40.1 Å². The van der Waals surface area contributed by atoms with E-state index in [2.05, 4.69) is 4.90 Å². The van der Waals surface area contributed by atoms with Crippen LogP contribution >= 0.6 is 18.9 Å². The number of rotatable bonds is 8. The molecule has 0 radical (unpaired) electrons. The molecule has 1 aromatic heterocycles. The Kier molecular flexibility index (Phi) is 7.56. The molecule has 0 atom stereocenters. The van der Waals surface area contributed by atoms with E-state index in [4.69, 9.17) is 4.74 Å². The minimum Gasteiger partial charge on any atom is -0.807 e. The second kappa shape index (κ2) is 10.9. The van der Waals surface area contributed by atoms with Crippen molar-refractivity contribution in [3.8, 4) is 16.2 Å². The Labute approximate surface area is 218 Å². The van der Waals surface area contributed by atoms with Crippen molar-refractivity contribution in [1.82, 2.24) is 4.90 Å². The average molecular weight is 538 g/mol. The summed E-state index contributed by atoms with van der Waals surface area (Å²) < 4.78 is 31.5. The van der Waals surface area contributed by atoms with Crippen LogP contribution in [0.3, 0.4) is 0 Å². The second-order valence-corrected chi connectivity index (χ2v) is 11.7. The molecule has 9 heteroatoms. The largest absolute Gasteiger partial charge is 0.807 e.